The Balaban J connectivity index is 1.94. The van der Waals surface area contributed by atoms with Crippen molar-refractivity contribution >= 4 is 5.65 Å². The number of ether oxygens (including phenoxy) is 1. The van der Waals surface area contributed by atoms with Crippen LogP contribution < -0.4 is 5.56 Å². The molecule has 0 saturated carbocycles. The lowest BCUT2D eigenvalue weighted by Crippen LogP contribution is -2.19. The second kappa shape index (κ2) is 6.27. The van der Waals surface area contributed by atoms with Crippen LogP contribution in [0.4, 0.5) is 0 Å². The summed E-state index contributed by atoms with van der Waals surface area (Å²) in [4.78, 5) is 22.1. The quantitative estimate of drug-likeness (QED) is 0.611. The number of hydrogen-bond donors (Lipinski definition) is 1. The van der Waals surface area contributed by atoms with Crippen LogP contribution >= 0.6 is 0 Å². The van der Waals surface area contributed by atoms with Gasteiger partial charge < -0.3 is 9.15 Å². The van der Waals surface area contributed by atoms with Crippen LogP contribution in [0, 0.1) is 13.8 Å². The SMILES string of the molecule is COCc1coc(-c2c(C)nc3c(-c4ccccc4)c(C)[nH]n3c2=O)n1. The van der Waals surface area contributed by atoms with E-state index >= 15 is 0 Å². The third-order valence-corrected chi connectivity index (χ3v) is 4.26. The lowest BCUT2D eigenvalue weighted by Gasteiger charge is -2.04. The molecule has 0 bridgehead atoms. The number of hydrogen-bond acceptors (Lipinski definition) is 5. The van der Waals surface area contributed by atoms with Gasteiger partial charge in [0.15, 0.2) is 5.65 Å². The Morgan fingerprint density at radius 2 is 1.92 bits per heavy atom. The van der Waals surface area contributed by atoms with Gasteiger partial charge >= 0.3 is 0 Å². The molecule has 0 amide bonds. The largest absolute Gasteiger partial charge is 0.444 e. The standard InChI is InChI=1S/C19H18N4O3/c1-11-16(18-21-14(9-25-3)10-26-18)19(24)23-17(20-11)15(12(2)22-23)13-7-5-4-6-8-13/h4-8,10,22H,9H2,1-3H3. The first-order valence-electron chi connectivity index (χ1n) is 8.21. The van der Waals surface area contributed by atoms with Crippen molar-refractivity contribution in [1.82, 2.24) is 19.6 Å². The Labute approximate surface area is 149 Å². The van der Waals surface area contributed by atoms with E-state index in [4.69, 9.17) is 9.15 Å². The van der Waals surface area contributed by atoms with Gasteiger partial charge in [-0.05, 0) is 19.4 Å². The number of methoxy groups -OCH3 is 1. The van der Waals surface area contributed by atoms with Crippen LogP contribution in [0.15, 0.2) is 45.8 Å². The topological polar surface area (TPSA) is 85.4 Å². The van der Waals surface area contributed by atoms with Gasteiger partial charge in [-0.15, -0.1) is 0 Å². The van der Waals surface area contributed by atoms with E-state index in [-0.39, 0.29) is 11.4 Å². The highest BCUT2D eigenvalue weighted by Crippen LogP contribution is 2.28. The molecule has 0 aliphatic heterocycles. The first-order chi connectivity index (χ1) is 12.6. The molecular formula is C19H18N4O3. The Bertz CT molecular complexity index is 1140. The fourth-order valence-corrected chi connectivity index (χ4v) is 3.12. The number of oxazole rings is 1. The van der Waals surface area contributed by atoms with Gasteiger partial charge in [-0.1, -0.05) is 30.3 Å². The van der Waals surface area contributed by atoms with Crippen molar-refractivity contribution in [1.29, 1.82) is 0 Å². The molecule has 0 saturated heterocycles. The Morgan fingerprint density at radius 1 is 1.15 bits per heavy atom. The normalized spacial score (nSPS) is 11.3. The van der Waals surface area contributed by atoms with E-state index in [1.54, 1.807) is 14.0 Å². The molecule has 4 aromatic rings. The molecule has 1 N–H and O–H groups in total. The van der Waals surface area contributed by atoms with Crippen LogP contribution in [0.2, 0.25) is 0 Å². The number of H-pyrrole nitrogens is 1. The molecule has 4 rings (SSSR count). The van der Waals surface area contributed by atoms with Crippen molar-refractivity contribution in [3.63, 3.8) is 0 Å². The maximum absolute atomic E-state index is 13.1. The summed E-state index contributed by atoms with van der Waals surface area (Å²) < 4.78 is 12.0. The van der Waals surface area contributed by atoms with Crippen molar-refractivity contribution in [2.75, 3.05) is 7.11 Å². The fourth-order valence-electron chi connectivity index (χ4n) is 3.12. The number of benzene rings is 1. The Hall–Kier alpha value is -3.19. The zero-order chi connectivity index (χ0) is 18.3. The summed E-state index contributed by atoms with van der Waals surface area (Å²) in [5, 5.41) is 3.11. The van der Waals surface area contributed by atoms with Gasteiger partial charge in [-0.25, -0.2) is 14.5 Å². The minimum absolute atomic E-state index is 0.245. The maximum atomic E-state index is 13.1. The highest BCUT2D eigenvalue weighted by Gasteiger charge is 2.21. The van der Waals surface area contributed by atoms with E-state index < -0.39 is 0 Å². The fraction of sp³-hybridized carbons (Fsp3) is 0.211. The van der Waals surface area contributed by atoms with Crippen LogP contribution in [-0.2, 0) is 11.3 Å². The summed E-state index contributed by atoms with van der Waals surface area (Å²) in [5.74, 6) is 0.245. The molecule has 3 heterocycles. The van der Waals surface area contributed by atoms with E-state index in [2.05, 4.69) is 15.1 Å². The average molecular weight is 350 g/mol. The summed E-state index contributed by atoms with van der Waals surface area (Å²) in [6, 6.07) is 9.87. The molecule has 7 nitrogen and oxygen atoms in total. The molecule has 7 heteroatoms. The molecule has 0 atom stereocenters. The van der Waals surface area contributed by atoms with Gasteiger partial charge in [0, 0.05) is 18.4 Å². The minimum atomic E-state index is -0.247. The molecule has 0 radical (unpaired) electrons. The highest BCUT2D eigenvalue weighted by molar-refractivity contribution is 5.80. The van der Waals surface area contributed by atoms with Gasteiger partial charge in [-0.3, -0.25) is 9.89 Å². The van der Waals surface area contributed by atoms with Gasteiger partial charge in [-0.2, -0.15) is 0 Å². The van der Waals surface area contributed by atoms with E-state index in [9.17, 15) is 4.79 Å². The molecule has 132 valence electrons. The minimum Gasteiger partial charge on any atom is -0.444 e. The molecule has 0 spiro atoms. The van der Waals surface area contributed by atoms with E-state index in [1.807, 2.05) is 37.3 Å². The average Bonchev–Trinajstić information content (AvgIpc) is 3.20. The second-order valence-corrected chi connectivity index (χ2v) is 6.09. The molecule has 0 aliphatic carbocycles. The third kappa shape index (κ3) is 2.53. The van der Waals surface area contributed by atoms with Gasteiger partial charge in [0.1, 0.15) is 17.5 Å². The van der Waals surface area contributed by atoms with Crippen molar-refractivity contribution in [3.05, 3.63) is 64.0 Å². The lowest BCUT2D eigenvalue weighted by molar-refractivity contribution is 0.181. The van der Waals surface area contributed by atoms with Crippen molar-refractivity contribution in [2.45, 2.75) is 20.5 Å². The van der Waals surface area contributed by atoms with E-state index in [0.717, 1.165) is 16.8 Å². The smallest absolute Gasteiger partial charge is 0.285 e. The Kier molecular flexibility index (Phi) is 3.93. The van der Waals surface area contributed by atoms with Crippen LogP contribution in [0.5, 0.6) is 0 Å². The number of fused-ring (bicyclic) bond motifs is 1. The van der Waals surface area contributed by atoms with Crippen LogP contribution in [0.25, 0.3) is 28.2 Å². The number of nitrogens with zero attached hydrogens (tertiary/aromatic N) is 3. The van der Waals surface area contributed by atoms with Crippen LogP contribution in [-0.4, -0.2) is 26.7 Å². The Morgan fingerprint density at radius 3 is 2.65 bits per heavy atom. The molecule has 3 aromatic heterocycles. The third-order valence-electron chi connectivity index (χ3n) is 4.26. The van der Waals surface area contributed by atoms with Crippen molar-refractivity contribution < 1.29 is 9.15 Å². The maximum Gasteiger partial charge on any atom is 0.285 e. The second-order valence-electron chi connectivity index (χ2n) is 6.09. The molecule has 1 aromatic carbocycles. The molecule has 0 fully saturated rings. The van der Waals surface area contributed by atoms with Gasteiger partial charge in [0.05, 0.1) is 12.3 Å². The molecule has 0 unspecified atom stereocenters. The summed E-state index contributed by atoms with van der Waals surface area (Å²) in [6.45, 7) is 4.03. The van der Waals surface area contributed by atoms with E-state index in [1.165, 1.54) is 10.8 Å². The van der Waals surface area contributed by atoms with Crippen LogP contribution in [0.3, 0.4) is 0 Å². The van der Waals surface area contributed by atoms with E-state index in [0.29, 0.717) is 29.2 Å². The van der Waals surface area contributed by atoms with Crippen molar-refractivity contribution in [2.24, 2.45) is 0 Å². The first-order valence-corrected chi connectivity index (χ1v) is 8.21. The summed E-state index contributed by atoms with van der Waals surface area (Å²) in [7, 11) is 1.58. The number of rotatable bonds is 4. The predicted octanol–water partition coefficient (Wildman–Crippen LogP) is 3.11. The highest BCUT2D eigenvalue weighted by atomic mass is 16.5. The predicted molar refractivity (Wildman–Crippen MR) is 96.9 cm³/mol. The zero-order valence-electron chi connectivity index (χ0n) is 14.7. The molecular weight excluding hydrogens is 332 g/mol. The summed E-state index contributed by atoms with van der Waals surface area (Å²) in [6.07, 6.45) is 1.49. The van der Waals surface area contributed by atoms with Gasteiger partial charge in [0.25, 0.3) is 5.56 Å². The van der Waals surface area contributed by atoms with Crippen molar-refractivity contribution in [3.8, 4) is 22.6 Å². The summed E-state index contributed by atoms with van der Waals surface area (Å²) >= 11 is 0. The number of aromatic nitrogens is 4. The lowest BCUT2D eigenvalue weighted by atomic mass is 10.1. The summed E-state index contributed by atoms with van der Waals surface area (Å²) in [5.41, 5.74) is 4.64. The van der Waals surface area contributed by atoms with Gasteiger partial charge in [0.2, 0.25) is 5.89 Å². The van der Waals surface area contributed by atoms with Crippen LogP contribution in [0.1, 0.15) is 17.1 Å². The number of aryl methyl sites for hydroxylation is 2. The monoisotopic (exact) mass is 350 g/mol. The zero-order valence-corrected chi connectivity index (χ0v) is 14.7. The molecule has 26 heavy (non-hydrogen) atoms. The number of aromatic amines is 1. The number of nitrogens with one attached hydrogen (secondary N) is 1. The molecule has 0 aliphatic rings. The first kappa shape index (κ1) is 16.3.